The summed E-state index contributed by atoms with van der Waals surface area (Å²) in [7, 11) is 0. The van der Waals surface area contributed by atoms with Gasteiger partial charge in [-0.1, -0.05) is 15.9 Å². The minimum absolute atomic E-state index is 0.116. The maximum absolute atomic E-state index is 11.6. The number of carbonyl (C=O) groups is 1. The lowest BCUT2D eigenvalue weighted by atomic mass is 10.3. The van der Waals surface area contributed by atoms with Crippen LogP contribution in [0.3, 0.4) is 0 Å². The lowest BCUT2D eigenvalue weighted by Crippen LogP contribution is -2.14. The normalized spacial score (nSPS) is 12.9. The average molecular weight is 348 g/mol. The van der Waals surface area contributed by atoms with Crippen LogP contribution in [0.5, 0.6) is 0 Å². The van der Waals surface area contributed by atoms with Gasteiger partial charge in [0.25, 0.3) is 0 Å². The molecular weight excluding hydrogens is 334 g/mol. The standard InChI is InChI=1S/C12H14BrNO4S/c1-2-18-12(15)9(8-19(16)17)7-14-11-5-3-10(13)4-6-11/h3-7,14H,2,8H2,1H3,(H,16,17). The summed E-state index contributed by atoms with van der Waals surface area (Å²) in [5, 5.41) is 2.89. The molecule has 0 heterocycles. The highest BCUT2D eigenvalue weighted by Gasteiger charge is 2.13. The van der Waals surface area contributed by atoms with Gasteiger partial charge in [0.2, 0.25) is 0 Å². The minimum atomic E-state index is -2.10. The third-order valence-electron chi connectivity index (χ3n) is 2.07. The second-order valence-corrected chi connectivity index (χ2v) is 5.35. The van der Waals surface area contributed by atoms with Crippen molar-refractivity contribution in [2.24, 2.45) is 0 Å². The number of benzene rings is 1. The van der Waals surface area contributed by atoms with Crippen molar-refractivity contribution in [3.63, 3.8) is 0 Å². The predicted molar refractivity (Wildman–Crippen MR) is 78.1 cm³/mol. The molecule has 104 valence electrons. The quantitative estimate of drug-likeness (QED) is 0.469. The minimum Gasteiger partial charge on any atom is -0.463 e. The Hall–Kier alpha value is -1.18. The third-order valence-corrected chi connectivity index (χ3v) is 3.16. The van der Waals surface area contributed by atoms with Gasteiger partial charge in [-0.2, -0.15) is 0 Å². The van der Waals surface area contributed by atoms with Gasteiger partial charge in [-0.3, -0.25) is 0 Å². The maximum atomic E-state index is 11.6. The van der Waals surface area contributed by atoms with Crippen LogP contribution in [-0.4, -0.2) is 27.1 Å². The molecule has 0 saturated carbocycles. The first-order chi connectivity index (χ1) is 9.02. The number of nitrogens with one attached hydrogen (secondary N) is 1. The third kappa shape index (κ3) is 6.00. The zero-order valence-corrected chi connectivity index (χ0v) is 12.7. The van der Waals surface area contributed by atoms with Crippen molar-refractivity contribution in [3.05, 3.63) is 40.5 Å². The lowest BCUT2D eigenvalue weighted by molar-refractivity contribution is -0.138. The smallest absolute Gasteiger partial charge is 0.336 e. The van der Waals surface area contributed by atoms with E-state index in [1.807, 2.05) is 12.1 Å². The Kier molecular flexibility index (Phi) is 6.75. The van der Waals surface area contributed by atoms with Crippen LogP contribution in [0.25, 0.3) is 0 Å². The van der Waals surface area contributed by atoms with Gasteiger partial charge < -0.3 is 14.6 Å². The van der Waals surface area contributed by atoms with Crippen molar-refractivity contribution in [2.45, 2.75) is 6.92 Å². The van der Waals surface area contributed by atoms with Gasteiger partial charge in [0.05, 0.1) is 17.9 Å². The first-order valence-electron chi connectivity index (χ1n) is 5.48. The van der Waals surface area contributed by atoms with Crippen molar-refractivity contribution < 1.29 is 18.3 Å². The molecule has 0 fully saturated rings. The molecule has 2 N–H and O–H groups in total. The highest BCUT2D eigenvalue weighted by molar-refractivity contribution is 9.10. The van der Waals surface area contributed by atoms with E-state index in [1.165, 1.54) is 6.20 Å². The summed E-state index contributed by atoms with van der Waals surface area (Å²) in [6, 6.07) is 7.29. The van der Waals surface area contributed by atoms with Crippen molar-refractivity contribution >= 4 is 38.7 Å². The van der Waals surface area contributed by atoms with E-state index in [-0.39, 0.29) is 17.9 Å². The first-order valence-corrected chi connectivity index (χ1v) is 7.55. The maximum Gasteiger partial charge on any atom is 0.336 e. The van der Waals surface area contributed by atoms with Crippen molar-refractivity contribution in [1.29, 1.82) is 0 Å². The van der Waals surface area contributed by atoms with E-state index in [0.29, 0.717) is 0 Å². The molecule has 0 aliphatic carbocycles. The average Bonchev–Trinajstić information content (AvgIpc) is 2.36. The number of esters is 1. The van der Waals surface area contributed by atoms with Crippen LogP contribution in [0.2, 0.25) is 0 Å². The molecule has 1 rings (SSSR count). The van der Waals surface area contributed by atoms with Crippen LogP contribution in [0.15, 0.2) is 40.5 Å². The van der Waals surface area contributed by atoms with Crippen molar-refractivity contribution in [1.82, 2.24) is 0 Å². The molecule has 0 saturated heterocycles. The van der Waals surface area contributed by atoms with E-state index < -0.39 is 17.0 Å². The van der Waals surface area contributed by atoms with Crippen LogP contribution < -0.4 is 5.32 Å². The van der Waals surface area contributed by atoms with E-state index in [4.69, 9.17) is 9.29 Å². The van der Waals surface area contributed by atoms with E-state index in [9.17, 15) is 9.00 Å². The Morgan fingerprint density at radius 2 is 2.11 bits per heavy atom. The summed E-state index contributed by atoms with van der Waals surface area (Å²) in [5.41, 5.74) is 0.874. The van der Waals surface area contributed by atoms with Crippen molar-refractivity contribution in [2.75, 3.05) is 17.7 Å². The summed E-state index contributed by atoms with van der Waals surface area (Å²) >= 11 is 1.21. The zero-order chi connectivity index (χ0) is 14.3. The number of hydrogen-bond donors (Lipinski definition) is 2. The highest BCUT2D eigenvalue weighted by atomic mass is 79.9. The largest absolute Gasteiger partial charge is 0.463 e. The molecule has 0 spiro atoms. The van der Waals surface area contributed by atoms with Crippen LogP contribution in [0.4, 0.5) is 5.69 Å². The van der Waals surface area contributed by atoms with Gasteiger partial charge in [0.15, 0.2) is 11.1 Å². The monoisotopic (exact) mass is 347 g/mol. The number of ether oxygens (including phenoxy) is 1. The zero-order valence-electron chi connectivity index (χ0n) is 10.3. The topological polar surface area (TPSA) is 75.6 Å². The fourth-order valence-electron chi connectivity index (χ4n) is 1.23. The molecule has 19 heavy (non-hydrogen) atoms. The molecule has 1 unspecified atom stereocenters. The van der Waals surface area contributed by atoms with Gasteiger partial charge in [-0.25, -0.2) is 9.00 Å². The van der Waals surface area contributed by atoms with Gasteiger partial charge in [0, 0.05) is 16.4 Å². The lowest BCUT2D eigenvalue weighted by Gasteiger charge is -2.06. The number of carbonyl (C=O) groups excluding carboxylic acids is 1. The Bertz CT molecular complexity index is 487. The summed E-state index contributed by atoms with van der Waals surface area (Å²) in [6.45, 7) is 1.89. The van der Waals surface area contributed by atoms with Crippen LogP contribution in [0, 0.1) is 0 Å². The molecular formula is C12H14BrNO4S. The Labute approximate surface area is 122 Å². The molecule has 1 aromatic carbocycles. The van der Waals surface area contributed by atoms with Gasteiger partial charge in [-0.05, 0) is 31.2 Å². The molecule has 0 amide bonds. The number of rotatable bonds is 6. The Morgan fingerprint density at radius 3 is 2.63 bits per heavy atom. The Balaban J connectivity index is 2.78. The fraction of sp³-hybridized carbons (Fsp3) is 0.250. The number of anilines is 1. The number of halogens is 1. The molecule has 0 aliphatic rings. The molecule has 0 aromatic heterocycles. The molecule has 1 atom stereocenters. The summed E-state index contributed by atoms with van der Waals surface area (Å²) < 4.78 is 25.4. The van der Waals surface area contributed by atoms with E-state index >= 15 is 0 Å². The van der Waals surface area contributed by atoms with Crippen LogP contribution in [0.1, 0.15) is 6.92 Å². The molecule has 5 nitrogen and oxygen atoms in total. The molecule has 0 aliphatic heterocycles. The predicted octanol–water partition coefficient (Wildman–Crippen LogP) is 2.53. The van der Waals surface area contributed by atoms with Gasteiger partial charge in [-0.15, -0.1) is 0 Å². The van der Waals surface area contributed by atoms with E-state index in [1.54, 1.807) is 19.1 Å². The van der Waals surface area contributed by atoms with Gasteiger partial charge in [0.1, 0.15) is 0 Å². The molecule has 7 heteroatoms. The highest BCUT2D eigenvalue weighted by Crippen LogP contribution is 2.14. The summed E-state index contributed by atoms with van der Waals surface area (Å²) in [5.74, 6) is -0.878. The van der Waals surface area contributed by atoms with Crippen molar-refractivity contribution in [3.8, 4) is 0 Å². The van der Waals surface area contributed by atoms with E-state index in [2.05, 4.69) is 21.2 Å². The summed E-state index contributed by atoms with van der Waals surface area (Å²) in [4.78, 5) is 11.6. The second-order valence-electron chi connectivity index (χ2n) is 3.51. The Morgan fingerprint density at radius 1 is 1.47 bits per heavy atom. The second kappa shape index (κ2) is 8.08. The fourth-order valence-corrected chi connectivity index (χ4v) is 1.96. The van der Waals surface area contributed by atoms with Crippen LogP contribution in [-0.2, 0) is 20.6 Å². The molecule has 0 radical (unpaired) electrons. The molecule has 1 aromatic rings. The van der Waals surface area contributed by atoms with Crippen LogP contribution >= 0.6 is 15.9 Å². The summed E-state index contributed by atoms with van der Waals surface area (Å²) in [6.07, 6.45) is 1.38. The number of hydrogen-bond acceptors (Lipinski definition) is 4. The first kappa shape index (κ1) is 15.9. The molecule has 0 bridgehead atoms. The van der Waals surface area contributed by atoms with Gasteiger partial charge >= 0.3 is 5.97 Å². The van der Waals surface area contributed by atoms with E-state index in [0.717, 1.165) is 10.2 Å². The SMILES string of the molecule is CCOC(=O)C(=CNc1ccc(Br)cc1)CS(=O)O.